The largest absolute Gasteiger partial charge is 0.449 e. The number of halogens is 3. The molecule has 3 rings (SSSR count). The normalized spacial score (nSPS) is 13.2. The van der Waals surface area contributed by atoms with Crippen LogP contribution in [0.3, 0.4) is 0 Å². The average Bonchev–Trinajstić information content (AvgIpc) is 2.51. The van der Waals surface area contributed by atoms with Gasteiger partial charge in [-0.2, -0.15) is 18.2 Å². The molecule has 0 aliphatic carbocycles. The highest BCUT2D eigenvalue weighted by atomic mass is 19.4. The van der Waals surface area contributed by atoms with Gasteiger partial charge in [0.2, 0.25) is 5.96 Å². The summed E-state index contributed by atoms with van der Waals surface area (Å²) < 4.78 is 50.5. The van der Waals surface area contributed by atoms with Crippen LogP contribution in [-0.2, 0) is 6.18 Å². The first-order valence-corrected chi connectivity index (χ1v) is 6.88. The van der Waals surface area contributed by atoms with Crippen molar-refractivity contribution in [2.24, 2.45) is 27.2 Å². The molecule has 2 aromatic carbocycles. The fourth-order valence-electron chi connectivity index (χ4n) is 2.14. The standard InChI is InChI=1S/C15H12F3N5O2/c16-15(17,18)7-5-8(22-14(21)23-13(19)20)12-11(6-7)24-9-3-1-2-4-10(9)25-12/h1-6H,(H6,19,20,21,22,23). The Labute approximate surface area is 139 Å². The Bertz CT molecular complexity index is 889. The molecule has 0 unspecified atom stereocenters. The van der Waals surface area contributed by atoms with Crippen LogP contribution in [0, 0.1) is 0 Å². The lowest BCUT2D eigenvalue weighted by molar-refractivity contribution is -0.137. The van der Waals surface area contributed by atoms with Crippen molar-refractivity contribution in [1.82, 2.24) is 0 Å². The second-order valence-corrected chi connectivity index (χ2v) is 4.98. The lowest BCUT2D eigenvalue weighted by Gasteiger charge is -2.22. The van der Waals surface area contributed by atoms with E-state index in [9.17, 15) is 13.2 Å². The van der Waals surface area contributed by atoms with E-state index in [0.29, 0.717) is 5.75 Å². The zero-order valence-corrected chi connectivity index (χ0v) is 12.5. The number of nitrogens with two attached hydrogens (primary N) is 3. The predicted octanol–water partition coefficient (Wildman–Crippen LogP) is 2.82. The van der Waals surface area contributed by atoms with Crippen LogP contribution in [0.1, 0.15) is 5.56 Å². The third kappa shape index (κ3) is 3.42. The minimum absolute atomic E-state index is 0.0274. The third-order valence-corrected chi connectivity index (χ3v) is 3.12. The first-order valence-electron chi connectivity index (χ1n) is 6.88. The van der Waals surface area contributed by atoms with Gasteiger partial charge in [0.15, 0.2) is 29.0 Å². The molecule has 0 spiro atoms. The van der Waals surface area contributed by atoms with E-state index in [2.05, 4.69) is 9.98 Å². The number of alkyl halides is 3. The molecule has 0 bridgehead atoms. The highest BCUT2D eigenvalue weighted by Gasteiger charge is 2.34. The van der Waals surface area contributed by atoms with Gasteiger partial charge in [0, 0.05) is 0 Å². The van der Waals surface area contributed by atoms with Crippen LogP contribution in [0.15, 0.2) is 46.4 Å². The quantitative estimate of drug-likeness (QED) is 0.460. The summed E-state index contributed by atoms with van der Waals surface area (Å²) in [6, 6.07) is 8.11. The SMILES string of the molecule is NC(N)=NC(N)=Nc1cc(C(F)(F)F)cc2c1Oc1ccccc1O2. The summed E-state index contributed by atoms with van der Waals surface area (Å²) >= 11 is 0. The molecule has 0 atom stereocenters. The topological polar surface area (TPSA) is 121 Å². The molecule has 25 heavy (non-hydrogen) atoms. The monoisotopic (exact) mass is 351 g/mol. The smallest absolute Gasteiger partial charge is 0.416 e. The van der Waals surface area contributed by atoms with Crippen LogP contribution in [0.2, 0.25) is 0 Å². The van der Waals surface area contributed by atoms with E-state index in [1.54, 1.807) is 24.3 Å². The Balaban J connectivity index is 2.16. The number of hydrogen-bond donors (Lipinski definition) is 3. The van der Waals surface area contributed by atoms with Gasteiger partial charge in [-0.15, -0.1) is 0 Å². The molecule has 2 aromatic rings. The summed E-state index contributed by atoms with van der Waals surface area (Å²) in [5.74, 6) is -0.383. The van der Waals surface area contributed by atoms with Crippen LogP contribution in [0.4, 0.5) is 18.9 Å². The van der Waals surface area contributed by atoms with E-state index >= 15 is 0 Å². The second-order valence-electron chi connectivity index (χ2n) is 4.98. The van der Waals surface area contributed by atoms with Crippen molar-refractivity contribution >= 4 is 17.6 Å². The van der Waals surface area contributed by atoms with Crippen molar-refractivity contribution in [2.75, 3.05) is 0 Å². The van der Waals surface area contributed by atoms with Gasteiger partial charge in [-0.1, -0.05) is 12.1 Å². The lowest BCUT2D eigenvalue weighted by Crippen LogP contribution is -2.26. The van der Waals surface area contributed by atoms with Crippen molar-refractivity contribution in [3.63, 3.8) is 0 Å². The maximum Gasteiger partial charge on any atom is 0.416 e. The maximum atomic E-state index is 13.1. The summed E-state index contributed by atoms with van der Waals surface area (Å²) in [5.41, 5.74) is 14.7. The molecule has 0 fully saturated rings. The van der Waals surface area contributed by atoms with Gasteiger partial charge >= 0.3 is 6.18 Å². The van der Waals surface area contributed by atoms with Gasteiger partial charge in [-0.3, -0.25) is 0 Å². The van der Waals surface area contributed by atoms with E-state index in [1.807, 2.05) is 0 Å². The molecule has 1 aliphatic heterocycles. The molecular weight excluding hydrogens is 339 g/mol. The molecule has 0 saturated heterocycles. The molecule has 7 nitrogen and oxygen atoms in total. The second kappa shape index (κ2) is 5.89. The van der Waals surface area contributed by atoms with Gasteiger partial charge in [0.25, 0.3) is 0 Å². The molecule has 6 N–H and O–H groups in total. The highest BCUT2D eigenvalue weighted by Crippen LogP contribution is 2.51. The number of rotatable bonds is 1. The Morgan fingerprint density at radius 1 is 0.920 bits per heavy atom. The van der Waals surface area contributed by atoms with Crippen LogP contribution in [0.25, 0.3) is 0 Å². The first-order chi connectivity index (χ1) is 11.7. The molecule has 0 aromatic heterocycles. The number of nitrogens with zero attached hydrogens (tertiary/aromatic N) is 2. The Morgan fingerprint density at radius 3 is 2.16 bits per heavy atom. The number of guanidine groups is 2. The number of fused-ring (bicyclic) bond motifs is 2. The molecule has 1 heterocycles. The van der Waals surface area contributed by atoms with E-state index < -0.39 is 17.7 Å². The summed E-state index contributed by atoms with van der Waals surface area (Å²) in [6.45, 7) is 0. The fraction of sp³-hybridized carbons (Fsp3) is 0.0667. The number of para-hydroxylation sites is 2. The molecule has 0 radical (unpaired) electrons. The van der Waals surface area contributed by atoms with E-state index in [1.165, 1.54) is 0 Å². The van der Waals surface area contributed by atoms with Crippen molar-refractivity contribution in [1.29, 1.82) is 0 Å². The molecule has 0 saturated carbocycles. The Hall–Kier alpha value is -3.43. The molecule has 130 valence electrons. The minimum Gasteiger partial charge on any atom is -0.449 e. The first kappa shape index (κ1) is 16.4. The minimum atomic E-state index is -4.62. The van der Waals surface area contributed by atoms with E-state index in [4.69, 9.17) is 26.7 Å². The van der Waals surface area contributed by atoms with Crippen LogP contribution in [-0.4, -0.2) is 11.9 Å². The molecular formula is C15H12F3N5O2. The van der Waals surface area contributed by atoms with Gasteiger partial charge in [-0.05, 0) is 24.3 Å². The van der Waals surface area contributed by atoms with Gasteiger partial charge < -0.3 is 26.7 Å². The zero-order chi connectivity index (χ0) is 18.2. The number of benzene rings is 2. The third-order valence-electron chi connectivity index (χ3n) is 3.12. The van der Waals surface area contributed by atoms with Crippen molar-refractivity contribution < 1.29 is 22.6 Å². The van der Waals surface area contributed by atoms with Crippen LogP contribution < -0.4 is 26.7 Å². The summed E-state index contributed by atoms with van der Waals surface area (Å²) in [5, 5.41) is 0. The van der Waals surface area contributed by atoms with Gasteiger partial charge in [0.05, 0.1) is 5.56 Å². The van der Waals surface area contributed by atoms with Crippen molar-refractivity contribution in [3.8, 4) is 23.0 Å². The Kier molecular flexibility index (Phi) is 3.87. The van der Waals surface area contributed by atoms with Gasteiger partial charge in [-0.25, -0.2) is 4.99 Å². The van der Waals surface area contributed by atoms with Gasteiger partial charge in [0.1, 0.15) is 5.69 Å². The van der Waals surface area contributed by atoms with E-state index in [0.717, 1.165) is 12.1 Å². The summed E-state index contributed by atoms with van der Waals surface area (Å²) in [6.07, 6.45) is -4.62. The van der Waals surface area contributed by atoms with E-state index in [-0.39, 0.29) is 28.9 Å². The summed E-state index contributed by atoms with van der Waals surface area (Å²) in [7, 11) is 0. The Morgan fingerprint density at radius 2 is 1.56 bits per heavy atom. The highest BCUT2D eigenvalue weighted by molar-refractivity contribution is 5.94. The number of ether oxygens (including phenoxy) is 2. The lowest BCUT2D eigenvalue weighted by atomic mass is 10.1. The average molecular weight is 351 g/mol. The zero-order valence-electron chi connectivity index (χ0n) is 12.5. The van der Waals surface area contributed by atoms with Crippen molar-refractivity contribution in [3.05, 3.63) is 42.0 Å². The number of aliphatic imine (C=N–C) groups is 2. The van der Waals surface area contributed by atoms with Crippen LogP contribution >= 0.6 is 0 Å². The van der Waals surface area contributed by atoms with Crippen LogP contribution in [0.5, 0.6) is 23.0 Å². The fourth-order valence-corrected chi connectivity index (χ4v) is 2.14. The predicted molar refractivity (Wildman–Crippen MR) is 85.1 cm³/mol. The maximum absolute atomic E-state index is 13.1. The summed E-state index contributed by atoms with van der Waals surface area (Å²) in [4.78, 5) is 7.28. The molecule has 1 aliphatic rings. The molecule has 0 amide bonds. The molecule has 10 heteroatoms. The number of hydrogen-bond acceptors (Lipinski definition) is 3. The van der Waals surface area contributed by atoms with Crippen molar-refractivity contribution in [2.45, 2.75) is 6.18 Å².